The highest BCUT2D eigenvalue weighted by molar-refractivity contribution is 7.92. The molecule has 0 radical (unpaired) electrons. The Morgan fingerprint density at radius 3 is 2.31 bits per heavy atom. The van der Waals surface area contributed by atoms with Gasteiger partial charge < -0.3 is 10.4 Å². The minimum Gasteiger partial charge on any atom is -0.392 e. The molecule has 29 heavy (non-hydrogen) atoms. The second-order valence-electron chi connectivity index (χ2n) is 6.06. The van der Waals surface area contributed by atoms with Crippen LogP contribution in [0.15, 0.2) is 71.6 Å². The van der Waals surface area contributed by atoms with E-state index in [-0.39, 0.29) is 27.8 Å². The predicted octanol–water partition coefficient (Wildman–Crippen LogP) is 4.54. The Hall–Kier alpha value is -2.58. The molecule has 0 aliphatic rings. The lowest BCUT2D eigenvalue weighted by Gasteiger charge is -2.14. The highest BCUT2D eigenvalue weighted by Crippen LogP contribution is 2.25. The molecule has 0 fully saturated rings. The van der Waals surface area contributed by atoms with Crippen molar-refractivity contribution in [2.75, 3.05) is 10.0 Å². The SMILES string of the molecule is O=C(Nc1ccc(Cl)cc1)c1cc(Cl)ccc1NS(=O)(=O)c1cccc(CO)c1. The average Bonchev–Trinajstić information content (AvgIpc) is 2.71. The number of benzene rings is 3. The number of halogens is 2. The third-order valence-corrected chi connectivity index (χ3v) is 5.81. The van der Waals surface area contributed by atoms with E-state index in [0.717, 1.165) is 0 Å². The molecule has 3 N–H and O–H groups in total. The van der Waals surface area contributed by atoms with E-state index in [1.54, 1.807) is 30.3 Å². The molecule has 0 spiro atoms. The Labute approximate surface area is 178 Å². The fourth-order valence-corrected chi connectivity index (χ4v) is 3.99. The molecular weight excluding hydrogens is 435 g/mol. The highest BCUT2D eigenvalue weighted by atomic mass is 35.5. The van der Waals surface area contributed by atoms with Crippen LogP contribution in [0, 0.1) is 0 Å². The first-order valence-corrected chi connectivity index (χ1v) is 10.6. The predicted molar refractivity (Wildman–Crippen MR) is 114 cm³/mol. The van der Waals surface area contributed by atoms with Crippen LogP contribution < -0.4 is 10.0 Å². The summed E-state index contributed by atoms with van der Waals surface area (Å²) in [7, 11) is -3.99. The zero-order chi connectivity index (χ0) is 21.0. The third kappa shape index (κ3) is 5.27. The largest absolute Gasteiger partial charge is 0.392 e. The molecule has 0 saturated heterocycles. The van der Waals surface area contributed by atoms with Crippen molar-refractivity contribution in [3.05, 3.63) is 87.9 Å². The molecule has 1 amide bonds. The van der Waals surface area contributed by atoms with E-state index < -0.39 is 15.9 Å². The Balaban J connectivity index is 1.91. The zero-order valence-corrected chi connectivity index (χ0v) is 17.2. The zero-order valence-electron chi connectivity index (χ0n) is 14.9. The molecule has 0 unspecified atom stereocenters. The van der Waals surface area contributed by atoms with E-state index in [1.165, 1.54) is 36.4 Å². The lowest BCUT2D eigenvalue weighted by molar-refractivity contribution is 0.102. The lowest BCUT2D eigenvalue weighted by Crippen LogP contribution is -2.19. The molecule has 3 rings (SSSR count). The molecule has 0 aromatic heterocycles. The van der Waals surface area contributed by atoms with Crippen molar-refractivity contribution in [1.29, 1.82) is 0 Å². The summed E-state index contributed by atoms with van der Waals surface area (Å²) >= 11 is 11.9. The smallest absolute Gasteiger partial charge is 0.261 e. The maximum Gasteiger partial charge on any atom is 0.261 e. The van der Waals surface area contributed by atoms with Crippen molar-refractivity contribution in [3.8, 4) is 0 Å². The van der Waals surface area contributed by atoms with Gasteiger partial charge in [-0.15, -0.1) is 0 Å². The van der Waals surface area contributed by atoms with Gasteiger partial charge in [-0.1, -0.05) is 35.3 Å². The molecule has 3 aromatic carbocycles. The highest BCUT2D eigenvalue weighted by Gasteiger charge is 2.20. The van der Waals surface area contributed by atoms with Crippen molar-refractivity contribution >= 4 is 50.5 Å². The number of aliphatic hydroxyl groups is 1. The molecule has 3 aromatic rings. The van der Waals surface area contributed by atoms with Crippen molar-refractivity contribution in [3.63, 3.8) is 0 Å². The van der Waals surface area contributed by atoms with Crippen LogP contribution in [0.3, 0.4) is 0 Å². The van der Waals surface area contributed by atoms with Gasteiger partial charge >= 0.3 is 0 Å². The number of hydrogen-bond acceptors (Lipinski definition) is 4. The summed E-state index contributed by atoms with van der Waals surface area (Å²) < 4.78 is 27.9. The van der Waals surface area contributed by atoms with Crippen molar-refractivity contribution in [1.82, 2.24) is 0 Å². The lowest BCUT2D eigenvalue weighted by atomic mass is 10.1. The topological polar surface area (TPSA) is 95.5 Å². The summed E-state index contributed by atoms with van der Waals surface area (Å²) in [5.41, 5.74) is 1.05. The number of aliphatic hydroxyl groups excluding tert-OH is 1. The molecule has 0 aliphatic carbocycles. The summed E-state index contributed by atoms with van der Waals surface area (Å²) in [6.45, 7) is -0.293. The molecular formula is C20H16Cl2N2O4S. The normalized spacial score (nSPS) is 11.1. The fraction of sp³-hybridized carbons (Fsp3) is 0.0500. The maximum absolute atomic E-state index is 12.8. The van der Waals surface area contributed by atoms with Crippen LogP contribution >= 0.6 is 23.2 Å². The Bertz CT molecular complexity index is 1150. The average molecular weight is 451 g/mol. The van der Waals surface area contributed by atoms with Gasteiger partial charge in [-0.3, -0.25) is 9.52 Å². The summed E-state index contributed by atoms with van der Waals surface area (Å²) in [5, 5.41) is 12.7. The number of anilines is 2. The van der Waals surface area contributed by atoms with Gasteiger partial charge in [-0.25, -0.2) is 8.42 Å². The van der Waals surface area contributed by atoms with Gasteiger partial charge in [0.25, 0.3) is 15.9 Å². The van der Waals surface area contributed by atoms with Gasteiger partial charge in [0.2, 0.25) is 0 Å². The molecule has 150 valence electrons. The molecule has 9 heteroatoms. The first-order chi connectivity index (χ1) is 13.8. The Morgan fingerprint density at radius 1 is 0.931 bits per heavy atom. The van der Waals surface area contributed by atoms with Crippen LogP contribution in [0.25, 0.3) is 0 Å². The van der Waals surface area contributed by atoms with E-state index in [9.17, 15) is 18.3 Å². The quantitative estimate of drug-likeness (QED) is 0.513. The second-order valence-corrected chi connectivity index (χ2v) is 8.62. The van der Waals surface area contributed by atoms with Crippen LogP contribution in [0.4, 0.5) is 11.4 Å². The number of nitrogens with one attached hydrogen (secondary N) is 2. The van der Waals surface area contributed by atoms with Gasteiger partial charge in [0.05, 0.1) is 22.8 Å². The maximum atomic E-state index is 12.8. The van der Waals surface area contributed by atoms with Crippen LogP contribution in [-0.4, -0.2) is 19.4 Å². The number of amides is 1. The number of carbonyl (C=O) groups is 1. The Kier molecular flexibility index (Phi) is 6.44. The minimum absolute atomic E-state index is 0.0388. The number of rotatable bonds is 6. The molecule has 6 nitrogen and oxygen atoms in total. The molecule has 0 heterocycles. The monoisotopic (exact) mass is 450 g/mol. The van der Waals surface area contributed by atoms with E-state index in [0.29, 0.717) is 16.3 Å². The van der Waals surface area contributed by atoms with E-state index >= 15 is 0 Å². The first-order valence-electron chi connectivity index (χ1n) is 8.37. The molecule has 0 aliphatic heterocycles. The number of sulfonamides is 1. The van der Waals surface area contributed by atoms with E-state index in [1.807, 2.05) is 0 Å². The molecule has 0 bridgehead atoms. The van der Waals surface area contributed by atoms with Gasteiger partial charge in [0.1, 0.15) is 0 Å². The van der Waals surface area contributed by atoms with Crippen LogP contribution in [0.2, 0.25) is 10.0 Å². The molecule has 0 atom stereocenters. The van der Waals surface area contributed by atoms with Gasteiger partial charge in [0, 0.05) is 15.7 Å². The number of hydrogen-bond donors (Lipinski definition) is 3. The minimum atomic E-state index is -3.99. The summed E-state index contributed by atoms with van der Waals surface area (Å²) in [6.07, 6.45) is 0. The van der Waals surface area contributed by atoms with Gasteiger partial charge in [-0.05, 0) is 60.2 Å². The summed E-state index contributed by atoms with van der Waals surface area (Å²) in [5.74, 6) is -0.545. The van der Waals surface area contributed by atoms with Crippen molar-refractivity contribution < 1.29 is 18.3 Å². The van der Waals surface area contributed by atoms with Crippen LogP contribution in [-0.2, 0) is 16.6 Å². The van der Waals surface area contributed by atoms with Crippen molar-refractivity contribution in [2.24, 2.45) is 0 Å². The van der Waals surface area contributed by atoms with Gasteiger partial charge in [-0.2, -0.15) is 0 Å². The van der Waals surface area contributed by atoms with Crippen LogP contribution in [0.1, 0.15) is 15.9 Å². The second kappa shape index (κ2) is 8.84. The standard InChI is InChI=1S/C20H16Cl2N2O4S/c21-14-4-7-16(8-5-14)23-20(26)18-11-15(22)6-9-19(18)24-29(27,28)17-3-1-2-13(10-17)12-25/h1-11,24-25H,12H2,(H,23,26). The number of carbonyl (C=O) groups excluding carboxylic acids is 1. The van der Waals surface area contributed by atoms with E-state index in [4.69, 9.17) is 23.2 Å². The summed E-state index contributed by atoms with van der Waals surface area (Å²) in [4.78, 5) is 12.7. The van der Waals surface area contributed by atoms with Gasteiger partial charge in [0.15, 0.2) is 0 Å². The molecule has 0 saturated carbocycles. The fourth-order valence-electron chi connectivity index (χ4n) is 2.54. The summed E-state index contributed by atoms with van der Waals surface area (Å²) in [6, 6.07) is 16.6. The third-order valence-electron chi connectivity index (χ3n) is 3.96. The van der Waals surface area contributed by atoms with Crippen LogP contribution in [0.5, 0.6) is 0 Å². The Morgan fingerprint density at radius 2 is 1.62 bits per heavy atom. The van der Waals surface area contributed by atoms with Crippen molar-refractivity contribution in [2.45, 2.75) is 11.5 Å². The van der Waals surface area contributed by atoms with E-state index in [2.05, 4.69) is 10.0 Å². The first kappa shape index (κ1) is 21.1.